The van der Waals surface area contributed by atoms with E-state index < -0.39 is 0 Å². The molecule has 2 heterocycles. The van der Waals surface area contributed by atoms with Crippen LogP contribution in [0.1, 0.15) is 18.4 Å². The maximum atomic E-state index is 11.9. The highest BCUT2D eigenvalue weighted by molar-refractivity contribution is 5.88. The van der Waals surface area contributed by atoms with Gasteiger partial charge in [0.05, 0.1) is 11.9 Å². The Labute approximate surface area is 147 Å². The highest BCUT2D eigenvalue weighted by atomic mass is 16.3. The number of urea groups is 1. The minimum absolute atomic E-state index is 0.247. The normalized spacial score (nSPS) is 15.2. The number of amides is 2. The molecule has 134 valence electrons. The molecule has 1 aliphatic rings. The molecule has 7 nitrogen and oxygen atoms in total. The SMILES string of the molecule is Cn1cc(NC(=O)NCc2ccc(N3CCC(CO)CC3)cc2)cn1. The number of aryl methyl sites for hydroxylation is 1. The van der Waals surface area contributed by atoms with E-state index >= 15 is 0 Å². The number of hydrogen-bond acceptors (Lipinski definition) is 4. The zero-order valence-electron chi connectivity index (χ0n) is 14.5. The van der Waals surface area contributed by atoms with Gasteiger partial charge in [0.15, 0.2) is 0 Å². The highest BCUT2D eigenvalue weighted by Gasteiger charge is 2.18. The van der Waals surface area contributed by atoms with Gasteiger partial charge in [0, 0.05) is 45.2 Å². The van der Waals surface area contributed by atoms with E-state index in [4.69, 9.17) is 0 Å². The second-order valence-electron chi connectivity index (χ2n) is 6.49. The van der Waals surface area contributed by atoms with Crippen molar-refractivity contribution in [3.8, 4) is 0 Å². The number of hydrogen-bond donors (Lipinski definition) is 3. The Balaban J connectivity index is 1.47. The van der Waals surface area contributed by atoms with Crippen molar-refractivity contribution in [3.63, 3.8) is 0 Å². The lowest BCUT2D eigenvalue weighted by Gasteiger charge is -2.33. The molecule has 25 heavy (non-hydrogen) atoms. The van der Waals surface area contributed by atoms with Crippen LogP contribution in [0.25, 0.3) is 0 Å². The van der Waals surface area contributed by atoms with E-state index in [2.05, 4.69) is 32.8 Å². The first-order valence-corrected chi connectivity index (χ1v) is 8.62. The van der Waals surface area contributed by atoms with E-state index in [0.29, 0.717) is 24.8 Å². The number of aromatic nitrogens is 2. The summed E-state index contributed by atoms with van der Waals surface area (Å²) in [7, 11) is 1.80. The molecule has 0 aliphatic carbocycles. The van der Waals surface area contributed by atoms with Crippen molar-refractivity contribution >= 4 is 17.4 Å². The molecule has 0 bridgehead atoms. The summed E-state index contributed by atoms with van der Waals surface area (Å²) in [5, 5.41) is 18.8. The summed E-state index contributed by atoms with van der Waals surface area (Å²) in [5.74, 6) is 0.443. The Morgan fingerprint density at radius 3 is 2.60 bits per heavy atom. The van der Waals surface area contributed by atoms with Crippen molar-refractivity contribution < 1.29 is 9.90 Å². The van der Waals surface area contributed by atoms with Crippen LogP contribution in [-0.2, 0) is 13.6 Å². The van der Waals surface area contributed by atoms with Crippen LogP contribution in [0.4, 0.5) is 16.2 Å². The fourth-order valence-electron chi connectivity index (χ4n) is 3.04. The van der Waals surface area contributed by atoms with E-state index in [1.54, 1.807) is 24.1 Å². The second kappa shape index (κ2) is 8.02. The van der Waals surface area contributed by atoms with Crippen molar-refractivity contribution in [2.45, 2.75) is 19.4 Å². The van der Waals surface area contributed by atoms with Crippen molar-refractivity contribution in [2.75, 3.05) is 29.9 Å². The fourth-order valence-corrected chi connectivity index (χ4v) is 3.04. The summed E-state index contributed by atoms with van der Waals surface area (Å²) in [6.07, 6.45) is 5.42. The molecular weight excluding hydrogens is 318 g/mol. The Morgan fingerprint density at radius 2 is 2.00 bits per heavy atom. The molecule has 0 atom stereocenters. The van der Waals surface area contributed by atoms with E-state index in [9.17, 15) is 9.90 Å². The number of carbonyl (C=O) groups is 1. The predicted molar refractivity (Wildman–Crippen MR) is 97.5 cm³/mol. The molecule has 3 N–H and O–H groups in total. The smallest absolute Gasteiger partial charge is 0.319 e. The van der Waals surface area contributed by atoms with E-state index in [-0.39, 0.29) is 6.03 Å². The molecule has 1 saturated heterocycles. The van der Waals surface area contributed by atoms with Crippen LogP contribution >= 0.6 is 0 Å². The van der Waals surface area contributed by atoms with Crippen molar-refractivity contribution in [1.29, 1.82) is 0 Å². The molecular formula is C18H25N5O2. The van der Waals surface area contributed by atoms with Crippen LogP contribution in [0.2, 0.25) is 0 Å². The lowest BCUT2D eigenvalue weighted by atomic mass is 9.97. The van der Waals surface area contributed by atoms with Gasteiger partial charge in [-0.1, -0.05) is 12.1 Å². The van der Waals surface area contributed by atoms with Crippen molar-refractivity contribution in [3.05, 3.63) is 42.2 Å². The summed E-state index contributed by atoms with van der Waals surface area (Å²) >= 11 is 0. The molecule has 1 fully saturated rings. The van der Waals surface area contributed by atoms with Gasteiger partial charge in [-0.3, -0.25) is 4.68 Å². The van der Waals surface area contributed by atoms with Gasteiger partial charge in [0.25, 0.3) is 0 Å². The quantitative estimate of drug-likeness (QED) is 0.775. The summed E-state index contributed by atoms with van der Waals surface area (Å²) in [5.41, 5.74) is 2.91. The number of aliphatic hydroxyl groups is 1. The van der Waals surface area contributed by atoms with Crippen LogP contribution in [0.15, 0.2) is 36.7 Å². The third-order valence-electron chi connectivity index (χ3n) is 4.59. The lowest BCUT2D eigenvalue weighted by Crippen LogP contribution is -2.34. The molecule has 0 radical (unpaired) electrons. The zero-order chi connectivity index (χ0) is 17.6. The monoisotopic (exact) mass is 343 g/mol. The average Bonchev–Trinajstić information content (AvgIpc) is 3.05. The molecule has 1 aliphatic heterocycles. The summed E-state index contributed by atoms with van der Waals surface area (Å²) in [6, 6.07) is 8.02. The molecule has 0 saturated carbocycles. The number of anilines is 2. The number of rotatable bonds is 5. The molecule has 2 amide bonds. The Bertz CT molecular complexity index is 690. The number of carbonyl (C=O) groups excluding carboxylic acids is 1. The van der Waals surface area contributed by atoms with Crippen LogP contribution in [0, 0.1) is 5.92 Å². The van der Waals surface area contributed by atoms with Crippen molar-refractivity contribution in [1.82, 2.24) is 15.1 Å². The van der Waals surface area contributed by atoms with Gasteiger partial charge < -0.3 is 20.6 Å². The zero-order valence-corrected chi connectivity index (χ0v) is 14.5. The lowest BCUT2D eigenvalue weighted by molar-refractivity contribution is 0.203. The number of benzene rings is 1. The molecule has 7 heteroatoms. The topological polar surface area (TPSA) is 82.4 Å². The van der Waals surface area contributed by atoms with Crippen LogP contribution in [0.5, 0.6) is 0 Å². The largest absolute Gasteiger partial charge is 0.396 e. The molecule has 3 rings (SSSR count). The first kappa shape index (κ1) is 17.3. The molecule has 1 aromatic heterocycles. The maximum Gasteiger partial charge on any atom is 0.319 e. The summed E-state index contributed by atoms with van der Waals surface area (Å²) in [4.78, 5) is 14.2. The molecule has 0 unspecified atom stereocenters. The highest BCUT2D eigenvalue weighted by Crippen LogP contribution is 2.23. The first-order valence-electron chi connectivity index (χ1n) is 8.62. The number of aliphatic hydroxyl groups excluding tert-OH is 1. The number of piperidine rings is 1. The Kier molecular flexibility index (Phi) is 5.55. The Morgan fingerprint density at radius 1 is 1.28 bits per heavy atom. The maximum absolute atomic E-state index is 11.9. The van der Waals surface area contributed by atoms with E-state index in [1.165, 1.54) is 5.69 Å². The van der Waals surface area contributed by atoms with Crippen LogP contribution < -0.4 is 15.5 Å². The second-order valence-corrected chi connectivity index (χ2v) is 6.49. The first-order chi connectivity index (χ1) is 12.1. The molecule has 2 aromatic rings. The van der Waals surface area contributed by atoms with Crippen LogP contribution in [0.3, 0.4) is 0 Å². The van der Waals surface area contributed by atoms with Gasteiger partial charge in [0.1, 0.15) is 0 Å². The molecule has 0 spiro atoms. The average molecular weight is 343 g/mol. The standard InChI is InChI=1S/C18H25N5O2/c1-22-12-16(11-20-22)21-18(25)19-10-14-2-4-17(5-3-14)23-8-6-15(13-24)7-9-23/h2-5,11-12,15,24H,6-10,13H2,1H3,(H2,19,21,25). The fraction of sp³-hybridized carbons (Fsp3) is 0.444. The van der Waals surface area contributed by atoms with Gasteiger partial charge in [-0.25, -0.2) is 4.79 Å². The third kappa shape index (κ3) is 4.73. The number of nitrogens with zero attached hydrogens (tertiary/aromatic N) is 3. The predicted octanol–water partition coefficient (Wildman–Crippen LogP) is 1.95. The van der Waals surface area contributed by atoms with Gasteiger partial charge in [-0.05, 0) is 36.5 Å². The third-order valence-corrected chi connectivity index (χ3v) is 4.59. The summed E-state index contributed by atoms with van der Waals surface area (Å²) in [6.45, 7) is 2.73. The minimum Gasteiger partial charge on any atom is -0.396 e. The summed E-state index contributed by atoms with van der Waals surface area (Å²) < 4.78 is 1.64. The van der Waals surface area contributed by atoms with Gasteiger partial charge in [0.2, 0.25) is 0 Å². The van der Waals surface area contributed by atoms with E-state index in [0.717, 1.165) is 31.5 Å². The minimum atomic E-state index is -0.247. The van der Waals surface area contributed by atoms with Crippen molar-refractivity contribution in [2.24, 2.45) is 13.0 Å². The van der Waals surface area contributed by atoms with Gasteiger partial charge in [-0.2, -0.15) is 5.10 Å². The van der Waals surface area contributed by atoms with E-state index in [1.807, 2.05) is 12.1 Å². The van der Waals surface area contributed by atoms with Gasteiger partial charge in [-0.15, -0.1) is 0 Å². The van der Waals surface area contributed by atoms with Crippen LogP contribution in [-0.4, -0.2) is 40.6 Å². The number of nitrogens with one attached hydrogen (secondary N) is 2. The molecule has 1 aromatic carbocycles. The van der Waals surface area contributed by atoms with Gasteiger partial charge >= 0.3 is 6.03 Å². The Hall–Kier alpha value is -2.54.